The van der Waals surface area contributed by atoms with Gasteiger partial charge in [0, 0.05) is 0 Å². The van der Waals surface area contributed by atoms with E-state index in [0.29, 0.717) is 18.3 Å². The molecule has 0 bridgehead atoms. The highest BCUT2D eigenvalue weighted by molar-refractivity contribution is 5.25. The Hall–Kier alpha value is -0.380. The zero-order chi connectivity index (χ0) is 17.3. The Morgan fingerprint density at radius 3 is 2.38 bits per heavy atom. The molecule has 0 amide bonds. The Morgan fingerprint density at radius 1 is 0.917 bits per heavy atom. The van der Waals surface area contributed by atoms with Crippen molar-refractivity contribution in [2.24, 2.45) is 34.5 Å². The first-order valence-electron chi connectivity index (χ1n) is 10.0. The first-order valence-corrected chi connectivity index (χ1v) is 10.0. The Balaban J connectivity index is 1.73. The number of aliphatic hydroxyl groups excluding tert-OH is 3. The van der Waals surface area contributed by atoms with E-state index in [2.05, 4.69) is 26.8 Å². The van der Waals surface area contributed by atoms with Crippen molar-refractivity contribution in [3.8, 4) is 0 Å². The molecule has 4 aliphatic carbocycles. The van der Waals surface area contributed by atoms with E-state index in [1.807, 2.05) is 0 Å². The summed E-state index contributed by atoms with van der Waals surface area (Å²) in [6.07, 6.45) is 7.86. The Labute approximate surface area is 146 Å². The molecule has 3 nitrogen and oxygen atoms in total. The van der Waals surface area contributed by atoms with Gasteiger partial charge in [-0.15, -0.1) is 0 Å². The molecular weight excluding hydrogens is 300 g/mol. The van der Waals surface area contributed by atoms with E-state index in [4.69, 9.17) is 0 Å². The molecule has 0 aliphatic heterocycles. The molecule has 9 atom stereocenters. The summed E-state index contributed by atoms with van der Waals surface area (Å²) in [5.74, 6) is 1.25. The van der Waals surface area contributed by atoms with Crippen LogP contribution in [0.1, 0.15) is 65.7 Å². The van der Waals surface area contributed by atoms with Crippen LogP contribution in [0.3, 0.4) is 0 Å². The first-order chi connectivity index (χ1) is 11.3. The van der Waals surface area contributed by atoms with Crippen molar-refractivity contribution in [2.75, 3.05) is 0 Å². The zero-order valence-electron chi connectivity index (χ0n) is 15.4. The maximum atomic E-state index is 11.1. The average molecular weight is 335 g/mol. The molecule has 0 aromatic rings. The minimum atomic E-state index is -0.678. The quantitative estimate of drug-likeness (QED) is 0.596. The summed E-state index contributed by atoms with van der Waals surface area (Å²) in [5.41, 5.74) is 1.86. The maximum Gasteiger partial charge on any atom is 0.0836 e. The summed E-state index contributed by atoms with van der Waals surface area (Å²) in [6.45, 7) is 6.89. The lowest BCUT2D eigenvalue weighted by molar-refractivity contribution is -0.217. The van der Waals surface area contributed by atoms with Crippen LogP contribution in [0, 0.1) is 34.5 Å². The van der Waals surface area contributed by atoms with Crippen molar-refractivity contribution in [3.63, 3.8) is 0 Å². The van der Waals surface area contributed by atoms with Crippen LogP contribution in [0.5, 0.6) is 0 Å². The number of allylic oxidation sites excluding steroid dienone is 2. The largest absolute Gasteiger partial charge is 0.393 e. The summed E-state index contributed by atoms with van der Waals surface area (Å²) >= 11 is 0. The summed E-state index contributed by atoms with van der Waals surface area (Å²) < 4.78 is 0. The molecule has 0 heterocycles. The van der Waals surface area contributed by atoms with Gasteiger partial charge in [-0.25, -0.2) is 0 Å². The molecular formula is C21H34O3. The van der Waals surface area contributed by atoms with Gasteiger partial charge < -0.3 is 15.3 Å². The van der Waals surface area contributed by atoms with Gasteiger partial charge in [-0.3, -0.25) is 0 Å². The highest BCUT2D eigenvalue weighted by atomic mass is 16.3. The van der Waals surface area contributed by atoms with Crippen molar-refractivity contribution in [1.29, 1.82) is 0 Å². The predicted molar refractivity (Wildman–Crippen MR) is 94.3 cm³/mol. The van der Waals surface area contributed by atoms with Gasteiger partial charge >= 0.3 is 0 Å². The number of aliphatic hydroxyl groups is 3. The van der Waals surface area contributed by atoms with Gasteiger partial charge in [-0.2, -0.15) is 0 Å². The van der Waals surface area contributed by atoms with Gasteiger partial charge in [0.15, 0.2) is 0 Å². The van der Waals surface area contributed by atoms with Crippen LogP contribution in [-0.4, -0.2) is 33.6 Å². The van der Waals surface area contributed by atoms with E-state index < -0.39 is 12.2 Å². The third-order valence-corrected chi connectivity index (χ3v) is 8.92. The van der Waals surface area contributed by atoms with Crippen molar-refractivity contribution >= 4 is 0 Å². The van der Waals surface area contributed by atoms with Gasteiger partial charge in [-0.1, -0.05) is 25.5 Å². The van der Waals surface area contributed by atoms with Crippen LogP contribution < -0.4 is 0 Å². The summed E-state index contributed by atoms with van der Waals surface area (Å²) in [5, 5.41) is 32.1. The Bertz CT molecular complexity index is 543. The molecule has 0 radical (unpaired) electrons. The third kappa shape index (κ3) is 2.07. The van der Waals surface area contributed by atoms with Gasteiger partial charge in [-0.05, 0) is 86.4 Å². The smallest absolute Gasteiger partial charge is 0.0836 e. The molecule has 0 aromatic carbocycles. The fourth-order valence-corrected chi connectivity index (χ4v) is 7.56. The van der Waals surface area contributed by atoms with E-state index in [9.17, 15) is 15.3 Å². The molecule has 3 heteroatoms. The van der Waals surface area contributed by atoms with Crippen molar-refractivity contribution < 1.29 is 15.3 Å². The second-order valence-corrected chi connectivity index (χ2v) is 9.62. The molecule has 0 saturated heterocycles. The minimum absolute atomic E-state index is 0.0458. The normalized spacial score (nSPS) is 58.9. The molecule has 4 saturated carbocycles. The van der Waals surface area contributed by atoms with Gasteiger partial charge in [0.1, 0.15) is 0 Å². The van der Waals surface area contributed by atoms with Gasteiger partial charge in [0.05, 0.1) is 18.3 Å². The molecule has 0 spiro atoms. The van der Waals surface area contributed by atoms with Gasteiger partial charge in [0.25, 0.3) is 0 Å². The standard InChI is InChI=1S/C21H34O3/c1-4-12-5-6-14-17-15(8-10-20(12,14)2)21(3)9-7-13(22)11-16(21)18(23)19(17)24/h4,13-19,22-24H,5-11H2,1-3H3/b12-4-/t13-,14?,15?,16?,17?,18-,19?,20-,21-/m1/s1. The molecule has 24 heavy (non-hydrogen) atoms. The lowest BCUT2D eigenvalue weighted by Gasteiger charge is -2.63. The van der Waals surface area contributed by atoms with E-state index in [1.54, 1.807) is 5.57 Å². The zero-order valence-corrected chi connectivity index (χ0v) is 15.4. The van der Waals surface area contributed by atoms with Gasteiger partial charge in [0.2, 0.25) is 0 Å². The lowest BCUT2D eigenvalue weighted by Crippen LogP contribution is -2.63. The predicted octanol–water partition coefficient (Wildman–Crippen LogP) is 3.28. The first kappa shape index (κ1) is 17.1. The second-order valence-electron chi connectivity index (χ2n) is 9.62. The van der Waals surface area contributed by atoms with E-state index in [1.165, 1.54) is 6.42 Å². The molecule has 136 valence electrons. The summed E-state index contributed by atoms with van der Waals surface area (Å²) in [4.78, 5) is 0. The van der Waals surface area contributed by atoms with E-state index in [0.717, 1.165) is 32.1 Å². The minimum Gasteiger partial charge on any atom is -0.393 e. The van der Waals surface area contributed by atoms with Crippen LogP contribution in [0.4, 0.5) is 0 Å². The fourth-order valence-electron chi connectivity index (χ4n) is 7.56. The summed E-state index contributed by atoms with van der Waals surface area (Å²) in [6, 6.07) is 0. The molecule has 5 unspecified atom stereocenters. The summed E-state index contributed by atoms with van der Waals surface area (Å²) in [7, 11) is 0. The van der Waals surface area contributed by atoms with Crippen molar-refractivity contribution in [2.45, 2.75) is 84.0 Å². The van der Waals surface area contributed by atoms with Crippen LogP contribution in [0.15, 0.2) is 11.6 Å². The van der Waals surface area contributed by atoms with Crippen LogP contribution in [0.25, 0.3) is 0 Å². The second kappa shape index (κ2) is 5.56. The number of rotatable bonds is 0. The van der Waals surface area contributed by atoms with Crippen LogP contribution >= 0.6 is 0 Å². The Kier molecular flexibility index (Phi) is 3.95. The lowest BCUT2D eigenvalue weighted by atomic mass is 9.43. The van der Waals surface area contributed by atoms with Crippen molar-refractivity contribution in [3.05, 3.63) is 11.6 Å². The molecule has 0 aromatic heterocycles. The molecule has 4 aliphatic rings. The monoisotopic (exact) mass is 334 g/mol. The maximum absolute atomic E-state index is 11.1. The van der Waals surface area contributed by atoms with E-state index in [-0.39, 0.29) is 28.8 Å². The fraction of sp³-hybridized carbons (Fsp3) is 0.905. The number of hydrogen-bond acceptors (Lipinski definition) is 3. The highest BCUT2D eigenvalue weighted by Gasteiger charge is 2.63. The number of fused-ring (bicyclic) bond motifs is 5. The average Bonchev–Trinajstić information content (AvgIpc) is 2.90. The number of hydrogen-bond donors (Lipinski definition) is 3. The topological polar surface area (TPSA) is 60.7 Å². The van der Waals surface area contributed by atoms with E-state index >= 15 is 0 Å². The van der Waals surface area contributed by atoms with Crippen molar-refractivity contribution in [1.82, 2.24) is 0 Å². The molecule has 3 N–H and O–H groups in total. The SMILES string of the molecule is C/C=C1/CCC2C3C(O)[C@H](O)C4C[C@H](O)CC[C@]4(C)C3CC[C@]12C. The van der Waals surface area contributed by atoms with Crippen LogP contribution in [-0.2, 0) is 0 Å². The molecule has 4 fully saturated rings. The highest BCUT2D eigenvalue weighted by Crippen LogP contribution is 2.67. The Morgan fingerprint density at radius 2 is 1.67 bits per heavy atom. The third-order valence-electron chi connectivity index (χ3n) is 8.92. The van der Waals surface area contributed by atoms with Crippen LogP contribution in [0.2, 0.25) is 0 Å². The molecule has 4 rings (SSSR count).